The van der Waals surface area contributed by atoms with Crippen LogP contribution in [-0.2, 0) is 33.8 Å². The van der Waals surface area contributed by atoms with Gasteiger partial charge in [-0.05, 0) is 140 Å². The minimum atomic E-state index is -2.85. The molecule has 1 N–H and O–H groups in total. The standard InChI is InChI=1S/C67H89N3O6Si2/c1-13-67(40-22-23-41-67)70(44-46-76-78(65(6,7)8,58-27-16-14-17-28-58)59-29-18-15-19-30-59)62(72)60-31-21-20-26-53(60)34-37-56(71)48-54-33-32-51(2)47-61(54)63(73)69(43-45-75-77(11,12)64(3,4)5)66(9,10)55-35-38-57(39-36-55)74-50-52-25-24-42-68-49-52/h14-21,24-33,35-36,38-39,42,47,49,56,71H,13,22-23,34,37,40-41,43-46,48,50H2,1-12H3. The number of benzene rings is 5. The van der Waals surface area contributed by atoms with Gasteiger partial charge in [-0.2, -0.15) is 0 Å². The topological polar surface area (TPSA) is 101 Å². The lowest BCUT2D eigenvalue weighted by Gasteiger charge is -2.45. The number of nitrogens with zero attached hydrogens (tertiary/aromatic N) is 3. The molecule has 416 valence electrons. The third-order valence-corrected chi connectivity index (χ3v) is 26.8. The zero-order valence-electron chi connectivity index (χ0n) is 49.0. The number of aliphatic hydroxyl groups is 1. The van der Waals surface area contributed by atoms with Crippen molar-refractivity contribution < 1.29 is 28.3 Å². The molecule has 11 heteroatoms. The van der Waals surface area contributed by atoms with Gasteiger partial charge in [0.1, 0.15) is 12.4 Å². The lowest BCUT2D eigenvalue weighted by Crippen LogP contribution is -2.67. The summed E-state index contributed by atoms with van der Waals surface area (Å²) < 4.78 is 20.3. The third kappa shape index (κ3) is 13.8. The number of rotatable bonds is 24. The smallest absolute Gasteiger partial charge is 0.261 e. The number of ether oxygens (including phenoxy) is 1. The first-order valence-electron chi connectivity index (χ1n) is 28.5. The van der Waals surface area contributed by atoms with Crippen molar-refractivity contribution in [3.63, 3.8) is 0 Å². The molecular weight excluding hydrogens is 999 g/mol. The minimum Gasteiger partial charge on any atom is -0.489 e. The van der Waals surface area contributed by atoms with Gasteiger partial charge in [-0.15, -0.1) is 0 Å². The number of carbonyl (C=O) groups excluding carboxylic acids is 2. The Balaban J connectivity index is 1.11. The second-order valence-electron chi connectivity index (χ2n) is 24.8. The van der Waals surface area contributed by atoms with Gasteiger partial charge in [-0.25, -0.2) is 0 Å². The van der Waals surface area contributed by atoms with Crippen LogP contribution in [0.2, 0.25) is 23.2 Å². The highest BCUT2D eigenvalue weighted by atomic mass is 28.4. The maximum Gasteiger partial charge on any atom is 0.261 e. The molecular formula is C67H89N3O6Si2. The van der Waals surface area contributed by atoms with Gasteiger partial charge in [-0.1, -0.05) is 176 Å². The van der Waals surface area contributed by atoms with Crippen molar-refractivity contribution in [2.45, 2.75) is 168 Å². The van der Waals surface area contributed by atoms with Crippen molar-refractivity contribution in [1.82, 2.24) is 14.8 Å². The van der Waals surface area contributed by atoms with E-state index in [1.54, 1.807) is 12.4 Å². The summed E-state index contributed by atoms with van der Waals surface area (Å²) >= 11 is 0. The van der Waals surface area contributed by atoms with Crippen LogP contribution in [0.15, 0.2) is 152 Å². The molecule has 0 saturated heterocycles. The lowest BCUT2D eigenvalue weighted by atomic mass is 9.89. The van der Waals surface area contributed by atoms with Gasteiger partial charge in [-0.3, -0.25) is 14.6 Å². The van der Waals surface area contributed by atoms with Crippen LogP contribution in [0.1, 0.15) is 149 Å². The van der Waals surface area contributed by atoms with E-state index < -0.39 is 28.3 Å². The van der Waals surface area contributed by atoms with Crippen LogP contribution in [0.25, 0.3) is 0 Å². The molecule has 0 spiro atoms. The van der Waals surface area contributed by atoms with Crippen molar-refractivity contribution in [3.8, 4) is 5.75 Å². The van der Waals surface area contributed by atoms with E-state index in [9.17, 15) is 5.11 Å². The van der Waals surface area contributed by atoms with Crippen LogP contribution in [0.3, 0.4) is 0 Å². The number of carbonyl (C=O) groups is 2. The van der Waals surface area contributed by atoms with Gasteiger partial charge in [0, 0.05) is 47.7 Å². The maximum atomic E-state index is 15.4. The summed E-state index contributed by atoms with van der Waals surface area (Å²) in [5, 5.41) is 14.3. The summed E-state index contributed by atoms with van der Waals surface area (Å²) in [6.45, 7) is 28.5. The molecule has 6 aromatic rings. The molecule has 9 nitrogen and oxygen atoms in total. The molecule has 1 atom stereocenters. The fourth-order valence-electron chi connectivity index (χ4n) is 11.4. The van der Waals surface area contributed by atoms with Gasteiger partial charge < -0.3 is 28.5 Å². The summed E-state index contributed by atoms with van der Waals surface area (Å²) in [5.41, 5.74) is 4.82. The first kappa shape index (κ1) is 60.0. The quantitative estimate of drug-likeness (QED) is 0.0603. The summed E-state index contributed by atoms with van der Waals surface area (Å²) in [4.78, 5) is 39.1. The molecule has 1 aromatic heterocycles. The summed E-state index contributed by atoms with van der Waals surface area (Å²) in [6.07, 6.45) is 8.90. The highest BCUT2D eigenvalue weighted by molar-refractivity contribution is 6.99. The summed E-state index contributed by atoms with van der Waals surface area (Å²) in [7, 11) is -4.99. The van der Waals surface area contributed by atoms with E-state index in [4.69, 9.17) is 13.6 Å². The summed E-state index contributed by atoms with van der Waals surface area (Å²) in [6, 6.07) is 47.2. The number of aliphatic hydroxyl groups excluding tert-OH is 1. The number of aromatic nitrogens is 1. The Morgan fingerprint density at radius 1 is 0.692 bits per heavy atom. The van der Waals surface area contributed by atoms with E-state index in [1.807, 2.05) is 90.7 Å². The molecule has 1 saturated carbocycles. The van der Waals surface area contributed by atoms with Crippen molar-refractivity contribution in [2.24, 2.45) is 0 Å². The first-order chi connectivity index (χ1) is 37.0. The number of amides is 2. The monoisotopic (exact) mass is 1090 g/mol. The van der Waals surface area contributed by atoms with E-state index in [0.717, 1.165) is 65.7 Å². The molecule has 78 heavy (non-hydrogen) atoms. The zero-order valence-corrected chi connectivity index (χ0v) is 51.0. The van der Waals surface area contributed by atoms with Crippen LogP contribution < -0.4 is 15.1 Å². The molecule has 0 aliphatic heterocycles. The van der Waals surface area contributed by atoms with E-state index in [0.29, 0.717) is 56.9 Å². The molecule has 2 amide bonds. The maximum absolute atomic E-state index is 15.4. The van der Waals surface area contributed by atoms with E-state index in [2.05, 4.69) is 146 Å². The molecule has 5 aromatic carbocycles. The van der Waals surface area contributed by atoms with Crippen LogP contribution in [0.4, 0.5) is 0 Å². The first-order valence-corrected chi connectivity index (χ1v) is 33.4. The largest absolute Gasteiger partial charge is 0.489 e. The van der Waals surface area contributed by atoms with Crippen LogP contribution in [0.5, 0.6) is 5.75 Å². The second-order valence-corrected chi connectivity index (χ2v) is 33.9. The molecule has 0 bridgehead atoms. The molecule has 1 unspecified atom stereocenters. The Kier molecular flexibility index (Phi) is 19.7. The predicted octanol–water partition coefficient (Wildman–Crippen LogP) is 13.6. The number of hydrogen-bond acceptors (Lipinski definition) is 7. The molecule has 7 rings (SSSR count). The van der Waals surface area contributed by atoms with Crippen molar-refractivity contribution in [1.29, 1.82) is 0 Å². The Hall–Kier alpha value is -5.70. The Bertz CT molecular complexity index is 2840. The van der Waals surface area contributed by atoms with Crippen molar-refractivity contribution in [3.05, 3.63) is 191 Å². The van der Waals surface area contributed by atoms with Gasteiger partial charge >= 0.3 is 0 Å². The van der Waals surface area contributed by atoms with Crippen molar-refractivity contribution >= 4 is 38.8 Å². The van der Waals surface area contributed by atoms with Crippen LogP contribution in [-0.4, -0.2) is 86.3 Å². The molecule has 0 radical (unpaired) electrons. The Labute approximate surface area is 470 Å². The SMILES string of the molecule is CCC1(N(CCO[Si](c2ccccc2)(c2ccccc2)C(C)(C)C)C(=O)c2ccccc2CCC(O)Cc2ccc(C)cc2C(=O)N(CCO[Si](C)(C)C(C)(C)C)C(C)(C)c2ccc(OCc3cccnc3)cc2)CCCC1. The highest BCUT2D eigenvalue weighted by Crippen LogP contribution is 2.41. The molecule has 1 fully saturated rings. The van der Waals surface area contributed by atoms with Crippen LogP contribution in [0, 0.1) is 6.92 Å². The fourth-order valence-corrected chi connectivity index (χ4v) is 17.0. The predicted molar refractivity (Wildman–Crippen MR) is 324 cm³/mol. The second kappa shape index (κ2) is 25.6. The van der Waals surface area contributed by atoms with Crippen LogP contribution >= 0.6 is 0 Å². The fraction of sp³-hybridized carbons (Fsp3) is 0.448. The lowest BCUT2D eigenvalue weighted by molar-refractivity contribution is 0.0406. The highest BCUT2D eigenvalue weighted by Gasteiger charge is 2.51. The average molecular weight is 1090 g/mol. The number of pyridine rings is 1. The van der Waals surface area contributed by atoms with Crippen molar-refractivity contribution in [2.75, 3.05) is 26.3 Å². The Morgan fingerprint density at radius 3 is 1.90 bits per heavy atom. The number of hydrogen-bond donors (Lipinski definition) is 1. The normalized spacial score (nSPS) is 14.5. The van der Waals surface area contributed by atoms with E-state index >= 15 is 9.59 Å². The molecule has 1 aliphatic rings. The third-order valence-electron chi connectivity index (χ3n) is 17.2. The van der Waals surface area contributed by atoms with Gasteiger partial charge in [0.25, 0.3) is 20.1 Å². The van der Waals surface area contributed by atoms with Gasteiger partial charge in [0.2, 0.25) is 0 Å². The average Bonchev–Trinajstić information content (AvgIpc) is 3.95. The van der Waals surface area contributed by atoms with E-state index in [-0.39, 0.29) is 33.9 Å². The molecule has 1 aliphatic carbocycles. The Morgan fingerprint density at radius 2 is 1.31 bits per heavy atom. The van der Waals surface area contributed by atoms with Gasteiger partial charge in [0.05, 0.1) is 24.9 Å². The van der Waals surface area contributed by atoms with E-state index in [1.165, 1.54) is 10.4 Å². The zero-order chi connectivity index (χ0) is 56.4. The molecule has 1 heterocycles. The van der Waals surface area contributed by atoms with Gasteiger partial charge in [0.15, 0.2) is 8.32 Å². The summed E-state index contributed by atoms with van der Waals surface area (Å²) in [5.74, 6) is 0.633. The number of aryl methyl sites for hydroxylation is 2. The minimum absolute atomic E-state index is 0.00521.